The van der Waals surface area contributed by atoms with Crippen molar-refractivity contribution in [3.05, 3.63) is 29.8 Å². The second-order valence-electron chi connectivity index (χ2n) is 4.74. The summed E-state index contributed by atoms with van der Waals surface area (Å²) in [6.45, 7) is 2.18. The van der Waals surface area contributed by atoms with Gasteiger partial charge >= 0.3 is 0 Å². The van der Waals surface area contributed by atoms with Gasteiger partial charge in [-0.15, -0.1) is 23.2 Å². The molecule has 0 aliphatic carbocycles. The van der Waals surface area contributed by atoms with Crippen LogP contribution >= 0.6 is 23.2 Å². The Bertz CT molecular complexity index is 341. The Morgan fingerprint density at radius 3 is 2.50 bits per heavy atom. The van der Waals surface area contributed by atoms with E-state index in [1.165, 1.54) is 12.8 Å². The molecule has 3 heteroatoms. The van der Waals surface area contributed by atoms with Crippen LogP contribution in [-0.2, 0) is 6.42 Å². The molecule has 2 atom stereocenters. The summed E-state index contributed by atoms with van der Waals surface area (Å²) in [5.74, 6) is 0.309. The van der Waals surface area contributed by atoms with Crippen LogP contribution in [0.1, 0.15) is 44.6 Å². The smallest absolute Gasteiger partial charge is 0.115 e. The topological polar surface area (TPSA) is 20.2 Å². The Morgan fingerprint density at radius 2 is 1.83 bits per heavy atom. The molecule has 0 aliphatic heterocycles. The first-order chi connectivity index (χ1) is 8.63. The summed E-state index contributed by atoms with van der Waals surface area (Å²) in [4.78, 5) is 0. The Kier molecular flexibility index (Phi) is 7.53. The minimum atomic E-state index is 0.00544. The van der Waals surface area contributed by atoms with Crippen molar-refractivity contribution in [1.82, 2.24) is 0 Å². The normalized spacial score (nSPS) is 14.4. The van der Waals surface area contributed by atoms with Gasteiger partial charge in [0.15, 0.2) is 0 Å². The van der Waals surface area contributed by atoms with E-state index in [-0.39, 0.29) is 10.8 Å². The van der Waals surface area contributed by atoms with Crippen molar-refractivity contribution in [1.29, 1.82) is 0 Å². The lowest BCUT2D eigenvalue weighted by molar-refractivity contribution is 0.474. The highest BCUT2D eigenvalue weighted by Gasteiger charge is 2.16. The van der Waals surface area contributed by atoms with Crippen LogP contribution in [0.4, 0.5) is 0 Å². The molecule has 0 saturated carbocycles. The monoisotopic (exact) mass is 288 g/mol. The number of hydrogen-bond donors (Lipinski definition) is 1. The molecule has 0 fully saturated rings. The number of aryl methyl sites for hydroxylation is 1. The van der Waals surface area contributed by atoms with Crippen LogP contribution in [0.5, 0.6) is 5.75 Å². The van der Waals surface area contributed by atoms with Crippen molar-refractivity contribution in [3.63, 3.8) is 0 Å². The van der Waals surface area contributed by atoms with Gasteiger partial charge in [-0.2, -0.15) is 0 Å². The molecular formula is C15H22Cl2O. The van der Waals surface area contributed by atoms with Crippen LogP contribution < -0.4 is 0 Å². The van der Waals surface area contributed by atoms with Crippen molar-refractivity contribution in [3.8, 4) is 5.75 Å². The molecule has 0 amide bonds. The first kappa shape index (κ1) is 15.7. The van der Waals surface area contributed by atoms with Crippen LogP contribution in [-0.4, -0.2) is 15.9 Å². The quantitative estimate of drug-likeness (QED) is 0.520. The summed E-state index contributed by atoms with van der Waals surface area (Å²) in [6.07, 6.45) is 6.29. The SMILES string of the molecule is CCCCCC(Cl)C(Cl)CCc1cccc(O)c1. The maximum atomic E-state index is 9.37. The van der Waals surface area contributed by atoms with Crippen molar-refractivity contribution in [2.24, 2.45) is 0 Å². The zero-order chi connectivity index (χ0) is 13.4. The molecule has 102 valence electrons. The van der Waals surface area contributed by atoms with Crippen molar-refractivity contribution >= 4 is 23.2 Å². The van der Waals surface area contributed by atoms with Gasteiger partial charge in [-0.25, -0.2) is 0 Å². The number of unbranched alkanes of at least 4 members (excludes halogenated alkanes) is 2. The molecule has 0 radical (unpaired) electrons. The molecule has 1 N–H and O–H groups in total. The second-order valence-corrected chi connectivity index (χ2v) is 5.86. The van der Waals surface area contributed by atoms with Crippen LogP contribution in [0.3, 0.4) is 0 Å². The molecule has 2 unspecified atom stereocenters. The molecule has 1 aromatic carbocycles. The van der Waals surface area contributed by atoms with Crippen LogP contribution in [0.15, 0.2) is 24.3 Å². The van der Waals surface area contributed by atoms with Gasteiger partial charge in [-0.05, 0) is 37.0 Å². The number of aromatic hydroxyl groups is 1. The minimum Gasteiger partial charge on any atom is -0.508 e. The Morgan fingerprint density at radius 1 is 1.11 bits per heavy atom. The van der Waals surface area contributed by atoms with Crippen molar-refractivity contribution in [2.45, 2.75) is 56.2 Å². The minimum absolute atomic E-state index is 0.00544. The van der Waals surface area contributed by atoms with E-state index in [0.29, 0.717) is 5.75 Å². The highest BCUT2D eigenvalue weighted by atomic mass is 35.5. The van der Waals surface area contributed by atoms with E-state index in [2.05, 4.69) is 6.92 Å². The molecule has 0 aromatic heterocycles. The molecule has 0 aliphatic rings. The molecule has 1 rings (SSSR count). The zero-order valence-corrected chi connectivity index (χ0v) is 12.4. The predicted octanol–water partition coefficient (Wildman–Crippen LogP) is 5.12. The Balaban J connectivity index is 2.29. The van der Waals surface area contributed by atoms with Crippen molar-refractivity contribution in [2.75, 3.05) is 0 Å². The van der Waals surface area contributed by atoms with Gasteiger partial charge in [0, 0.05) is 5.38 Å². The van der Waals surface area contributed by atoms with Crippen molar-refractivity contribution < 1.29 is 5.11 Å². The second kappa shape index (κ2) is 8.66. The number of halogens is 2. The average Bonchev–Trinajstić information content (AvgIpc) is 2.36. The summed E-state index contributed by atoms with van der Waals surface area (Å²) in [5, 5.41) is 9.43. The van der Waals surface area contributed by atoms with Gasteiger partial charge in [0.2, 0.25) is 0 Å². The lowest BCUT2D eigenvalue weighted by Crippen LogP contribution is -2.15. The highest BCUT2D eigenvalue weighted by molar-refractivity contribution is 6.29. The fraction of sp³-hybridized carbons (Fsp3) is 0.600. The molecule has 1 nitrogen and oxygen atoms in total. The average molecular weight is 289 g/mol. The van der Waals surface area contributed by atoms with Gasteiger partial charge in [0.1, 0.15) is 5.75 Å². The fourth-order valence-corrected chi connectivity index (χ4v) is 2.48. The third-order valence-corrected chi connectivity index (χ3v) is 4.27. The first-order valence-electron chi connectivity index (χ1n) is 6.69. The lowest BCUT2D eigenvalue weighted by Gasteiger charge is -2.15. The number of rotatable bonds is 8. The molecule has 0 saturated heterocycles. The maximum absolute atomic E-state index is 9.37. The number of phenolic OH excluding ortho intramolecular Hbond substituents is 1. The third-order valence-electron chi connectivity index (χ3n) is 3.10. The fourth-order valence-electron chi connectivity index (χ4n) is 1.97. The Hall–Kier alpha value is -0.400. The van der Waals surface area contributed by atoms with E-state index >= 15 is 0 Å². The highest BCUT2D eigenvalue weighted by Crippen LogP contribution is 2.22. The van der Waals surface area contributed by atoms with E-state index in [1.807, 2.05) is 12.1 Å². The van der Waals surface area contributed by atoms with Crippen LogP contribution in [0.25, 0.3) is 0 Å². The number of hydrogen-bond acceptors (Lipinski definition) is 1. The molecular weight excluding hydrogens is 267 g/mol. The number of alkyl halides is 2. The summed E-state index contributed by atoms with van der Waals surface area (Å²) in [5.41, 5.74) is 1.11. The number of phenols is 1. The summed E-state index contributed by atoms with van der Waals surface area (Å²) in [7, 11) is 0. The van der Waals surface area contributed by atoms with Crippen LogP contribution in [0, 0.1) is 0 Å². The van der Waals surface area contributed by atoms with Crippen LogP contribution in [0.2, 0.25) is 0 Å². The largest absolute Gasteiger partial charge is 0.508 e. The first-order valence-corrected chi connectivity index (χ1v) is 7.56. The van der Waals surface area contributed by atoms with Gasteiger partial charge in [-0.1, -0.05) is 38.3 Å². The third kappa shape index (κ3) is 5.97. The lowest BCUT2D eigenvalue weighted by atomic mass is 10.0. The molecule has 18 heavy (non-hydrogen) atoms. The molecule has 0 bridgehead atoms. The van der Waals surface area contributed by atoms with E-state index in [4.69, 9.17) is 23.2 Å². The molecule has 0 spiro atoms. The number of benzene rings is 1. The summed E-state index contributed by atoms with van der Waals surface area (Å²) < 4.78 is 0. The molecule has 0 heterocycles. The van der Waals surface area contributed by atoms with E-state index in [9.17, 15) is 5.11 Å². The zero-order valence-electron chi connectivity index (χ0n) is 10.9. The van der Waals surface area contributed by atoms with E-state index < -0.39 is 0 Å². The standard InChI is InChI=1S/C15H22Cl2O/c1-2-3-4-8-14(16)15(17)10-9-12-6-5-7-13(18)11-12/h5-7,11,14-15,18H,2-4,8-10H2,1H3. The van der Waals surface area contributed by atoms with Gasteiger partial charge in [-0.3, -0.25) is 0 Å². The van der Waals surface area contributed by atoms with E-state index in [1.54, 1.807) is 12.1 Å². The summed E-state index contributed by atoms with van der Waals surface area (Å²) in [6, 6.07) is 7.32. The van der Waals surface area contributed by atoms with E-state index in [0.717, 1.165) is 31.2 Å². The molecule has 1 aromatic rings. The van der Waals surface area contributed by atoms with Gasteiger partial charge in [0.25, 0.3) is 0 Å². The summed E-state index contributed by atoms with van der Waals surface area (Å²) >= 11 is 12.6. The predicted molar refractivity (Wildman–Crippen MR) is 79.9 cm³/mol. The Labute approximate surface area is 120 Å². The maximum Gasteiger partial charge on any atom is 0.115 e. The van der Waals surface area contributed by atoms with Gasteiger partial charge in [0.05, 0.1) is 5.38 Å². The van der Waals surface area contributed by atoms with Gasteiger partial charge < -0.3 is 5.11 Å².